The van der Waals surface area contributed by atoms with Crippen LogP contribution < -0.4 is 15.7 Å². The normalized spacial score (nSPS) is 11.3. The monoisotopic (exact) mass is 488 g/mol. The van der Waals surface area contributed by atoms with Gasteiger partial charge >= 0.3 is 5.63 Å². The second-order valence-electron chi connectivity index (χ2n) is 7.51. The number of hydrogen-bond acceptors (Lipinski definition) is 9. The van der Waals surface area contributed by atoms with Crippen molar-refractivity contribution in [2.45, 2.75) is 19.8 Å². The van der Waals surface area contributed by atoms with E-state index in [9.17, 15) is 20.2 Å². The molecule has 4 aromatic rings. The maximum Gasteiger partial charge on any atom is 0.345 e. The van der Waals surface area contributed by atoms with E-state index >= 15 is 0 Å². The summed E-state index contributed by atoms with van der Waals surface area (Å²) in [5.41, 5.74) is 1.04. The third-order valence-electron chi connectivity index (χ3n) is 5.06. The van der Waals surface area contributed by atoms with Gasteiger partial charge in [0.2, 0.25) is 0 Å². The molecule has 0 saturated heterocycles. The number of fused-ring (bicyclic) bond motifs is 1. The van der Waals surface area contributed by atoms with Crippen LogP contribution in [0.4, 0.5) is 11.4 Å². The van der Waals surface area contributed by atoms with Gasteiger partial charge in [0.15, 0.2) is 0 Å². The predicted molar refractivity (Wildman–Crippen MR) is 134 cm³/mol. The SMILES string of the molecule is CCCCOc1ccc(N/C=C(\C#N)c2nc(-c3cc4cc([N+](=O)[O-])ccc4oc3=O)cs2)cc1. The Hall–Kier alpha value is -4.49. The first-order valence-corrected chi connectivity index (χ1v) is 11.6. The Balaban J connectivity index is 1.55. The summed E-state index contributed by atoms with van der Waals surface area (Å²) >= 11 is 1.20. The zero-order valence-electron chi connectivity index (χ0n) is 18.7. The Morgan fingerprint density at radius 1 is 1.29 bits per heavy atom. The topological polar surface area (TPSA) is 131 Å². The Bertz CT molecular complexity index is 1500. The molecule has 35 heavy (non-hydrogen) atoms. The number of nitro benzene ring substituents is 1. The summed E-state index contributed by atoms with van der Waals surface area (Å²) in [7, 11) is 0. The van der Waals surface area contributed by atoms with Crippen molar-refractivity contribution in [3.63, 3.8) is 0 Å². The molecule has 0 spiro atoms. The fraction of sp³-hybridized carbons (Fsp3) is 0.160. The van der Waals surface area contributed by atoms with Crippen molar-refractivity contribution < 1.29 is 14.1 Å². The van der Waals surface area contributed by atoms with Crippen LogP contribution in [0.5, 0.6) is 5.75 Å². The lowest BCUT2D eigenvalue weighted by Gasteiger charge is -2.06. The highest BCUT2D eigenvalue weighted by atomic mass is 32.1. The molecule has 2 heterocycles. The van der Waals surface area contributed by atoms with Crippen LogP contribution in [0.25, 0.3) is 27.8 Å². The van der Waals surface area contributed by atoms with E-state index in [1.54, 1.807) is 11.6 Å². The molecule has 0 atom stereocenters. The Kier molecular flexibility index (Phi) is 7.18. The number of allylic oxidation sites excluding steroid dienone is 1. The minimum Gasteiger partial charge on any atom is -0.494 e. The molecule has 0 fully saturated rings. The molecule has 176 valence electrons. The average molecular weight is 489 g/mol. The molecule has 0 aliphatic carbocycles. The fourth-order valence-corrected chi connectivity index (χ4v) is 3.99. The Labute approximate surface area is 204 Å². The molecule has 0 saturated carbocycles. The number of benzene rings is 2. The van der Waals surface area contributed by atoms with Gasteiger partial charge < -0.3 is 14.5 Å². The fourth-order valence-electron chi connectivity index (χ4n) is 3.20. The minimum atomic E-state index is -0.620. The molecular formula is C25H20N4O5S. The number of nitrogens with one attached hydrogen (secondary N) is 1. The zero-order chi connectivity index (χ0) is 24.8. The van der Waals surface area contributed by atoms with Crippen molar-refractivity contribution in [2.24, 2.45) is 0 Å². The molecule has 0 aliphatic rings. The number of thiazole rings is 1. The van der Waals surface area contributed by atoms with E-state index in [4.69, 9.17) is 9.15 Å². The van der Waals surface area contributed by atoms with Gasteiger partial charge in [0.1, 0.15) is 28.0 Å². The molecule has 0 radical (unpaired) electrons. The molecule has 0 aliphatic heterocycles. The maximum atomic E-state index is 12.5. The van der Waals surface area contributed by atoms with Gasteiger partial charge in [0, 0.05) is 34.8 Å². The number of hydrogen-bond donors (Lipinski definition) is 1. The first-order valence-electron chi connectivity index (χ1n) is 10.8. The van der Waals surface area contributed by atoms with Crippen molar-refractivity contribution >= 4 is 39.3 Å². The summed E-state index contributed by atoms with van der Waals surface area (Å²) in [5, 5.41) is 26.2. The van der Waals surface area contributed by atoms with Crippen molar-refractivity contribution in [2.75, 3.05) is 11.9 Å². The zero-order valence-corrected chi connectivity index (χ0v) is 19.5. The van der Waals surface area contributed by atoms with Gasteiger partial charge in [-0.15, -0.1) is 11.3 Å². The van der Waals surface area contributed by atoms with E-state index in [0.29, 0.717) is 22.7 Å². The first-order chi connectivity index (χ1) is 17.0. The van der Waals surface area contributed by atoms with E-state index in [2.05, 4.69) is 23.3 Å². The molecule has 10 heteroatoms. The average Bonchev–Trinajstić information content (AvgIpc) is 3.34. The van der Waals surface area contributed by atoms with E-state index in [-0.39, 0.29) is 22.4 Å². The van der Waals surface area contributed by atoms with Crippen LogP contribution in [0.3, 0.4) is 0 Å². The van der Waals surface area contributed by atoms with Crippen LogP contribution in [-0.2, 0) is 0 Å². The van der Waals surface area contributed by atoms with Gasteiger partial charge in [-0.05, 0) is 42.8 Å². The van der Waals surface area contributed by atoms with Crippen molar-refractivity contribution in [3.8, 4) is 23.1 Å². The maximum absolute atomic E-state index is 12.5. The number of nitrogens with zero attached hydrogens (tertiary/aromatic N) is 3. The van der Waals surface area contributed by atoms with E-state index in [0.717, 1.165) is 24.3 Å². The van der Waals surface area contributed by atoms with Crippen LogP contribution in [0.2, 0.25) is 0 Å². The number of nitriles is 1. The van der Waals surface area contributed by atoms with Crippen LogP contribution in [-0.4, -0.2) is 16.5 Å². The lowest BCUT2D eigenvalue weighted by atomic mass is 10.1. The third kappa shape index (κ3) is 5.54. The summed E-state index contributed by atoms with van der Waals surface area (Å²) in [6.45, 7) is 2.77. The Morgan fingerprint density at radius 2 is 2.09 bits per heavy atom. The molecule has 4 rings (SSSR count). The molecule has 1 N–H and O–H groups in total. The van der Waals surface area contributed by atoms with Crippen LogP contribution in [0.15, 0.2) is 69.3 Å². The molecule has 0 bridgehead atoms. The minimum absolute atomic E-state index is 0.113. The molecule has 9 nitrogen and oxygen atoms in total. The summed E-state index contributed by atoms with van der Waals surface area (Å²) in [6, 6.07) is 15.0. The van der Waals surface area contributed by atoms with Crippen LogP contribution in [0.1, 0.15) is 24.8 Å². The van der Waals surface area contributed by atoms with Gasteiger partial charge in [-0.1, -0.05) is 13.3 Å². The molecule has 2 aromatic carbocycles. The number of nitro groups is 1. The molecular weight excluding hydrogens is 468 g/mol. The second-order valence-corrected chi connectivity index (χ2v) is 8.36. The molecule has 2 aromatic heterocycles. The van der Waals surface area contributed by atoms with E-state index in [1.165, 1.54) is 35.6 Å². The molecule has 0 unspecified atom stereocenters. The number of aromatic nitrogens is 1. The second kappa shape index (κ2) is 10.6. The highest BCUT2D eigenvalue weighted by molar-refractivity contribution is 7.11. The summed E-state index contributed by atoms with van der Waals surface area (Å²) in [5.74, 6) is 0.776. The molecule has 0 amide bonds. The summed E-state index contributed by atoms with van der Waals surface area (Å²) < 4.78 is 11.0. The standard InChI is InChI=1S/C25H20N4O5S/c1-2-3-10-33-20-7-4-18(5-8-20)27-14-17(13-26)24-28-22(15-35-24)21-12-16-11-19(29(31)32)6-9-23(16)34-25(21)30/h4-9,11-12,14-15,27H,2-3,10H2,1H3/b17-14+. The lowest BCUT2D eigenvalue weighted by Crippen LogP contribution is -2.03. The first kappa shape index (κ1) is 23.7. The van der Waals surface area contributed by atoms with Gasteiger partial charge in [-0.3, -0.25) is 10.1 Å². The van der Waals surface area contributed by atoms with Crippen molar-refractivity contribution in [1.82, 2.24) is 4.98 Å². The van der Waals surface area contributed by atoms with Crippen molar-refractivity contribution in [3.05, 3.63) is 85.7 Å². The van der Waals surface area contributed by atoms with Gasteiger partial charge in [-0.2, -0.15) is 5.26 Å². The summed E-state index contributed by atoms with van der Waals surface area (Å²) in [4.78, 5) is 27.4. The number of unbranched alkanes of at least 4 members (excludes halogenated alkanes) is 1. The third-order valence-corrected chi connectivity index (χ3v) is 5.94. The van der Waals surface area contributed by atoms with Gasteiger partial charge in [0.25, 0.3) is 5.69 Å². The number of non-ortho nitro benzene ring substituents is 1. The van der Waals surface area contributed by atoms with Crippen LogP contribution >= 0.6 is 11.3 Å². The van der Waals surface area contributed by atoms with E-state index in [1.807, 2.05) is 24.3 Å². The smallest absolute Gasteiger partial charge is 0.345 e. The predicted octanol–water partition coefficient (Wildman–Crippen LogP) is 5.98. The number of rotatable bonds is 9. The highest BCUT2D eigenvalue weighted by Crippen LogP contribution is 2.28. The van der Waals surface area contributed by atoms with Crippen LogP contribution in [0, 0.1) is 21.4 Å². The largest absolute Gasteiger partial charge is 0.494 e. The van der Waals surface area contributed by atoms with Gasteiger partial charge in [-0.25, -0.2) is 9.78 Å². The number of anilines is 1. The van der Waals surface area contributed by atoms with E-state index < -0.39 is 10.5 Å². The number of ether oxygens (including phenoxy) is 1. The highest BCUT2D eigenvalue weighted by Gasteiger charge is 2.15. The van der Waals surface area contributed by atoms with Gasteiger partial charge in [0.05, 0.1) is 22.8 Å². The Morgan fingerprint density at radius 3 is 2.80 bits per heavy atom. The summed E-state index contributed by atoms with van der Waals surface area (Å²) in [6.07, 6.45) is 3.60. The van der Waals surface area contributed by atoms with Crippen molar-refractivity contribution in [1.29, 1.82) is 5.26 Å². The quantitative estimate of drug-likeness (QED) is 0.100. The lowest BCUT2D eigenvalue weighted by molar-refractivity contribution is -0.384.